The summed E-state index contributed by atoms with van der Waals surface area (Å²) in [6.07, 6.45) is 0.383. The maximum Gasteiger partial charge on any atom is 0.143 e. The zero-order valence-electron chi connectivity index (χ0n) is 19.5. The first kappa shape index (κ1) is 25.9. The molecule has 33 heavy (non-hydrogen) atoms. The number of ether oxygens (including phenoxy) is 3. The topological polar surface area (TPSA) is 51.2 Å². The molecule has 2 unspecified atom stereocenters. The number of benzene rings is 3. The summed E-state index contributed by atoms with van der Waals surface area (Å²) in [7, 11) is 5.37. The van der Waals surface area contributed by atoms with Gasteiger partial charge < -0.3 is 19.3 Å². The van der Waals surface area contributed by atoms with Gasteiger partial charge >= 0.3 is 0 Å². The van der Waals surface area contributed by atoms with Gasteiger partial charge in [-0.05, 0) is 54.4 Å². The van der Waals surface area contributed by atoms with E-state index in [0.717, 1.165) is 28.2 Å². The number of aliphatic hydroxyl groups excluding tert-OH is 1. The Bertz CT molecular complexity index is 947. The molecule has 0 saturated carbocycles. The molecule has 2 atom stereocenters. The van der Waals surface area contributed by atoms with Crippen LogP contribution in [0.1, 0.15) is 23.1 Å². The molecule has 5 nitrogen and oxygen atoms in total. The maximum absolute atomic E-state index is 10.1. The number of rotatable bonds is 8. The van der Waals surface area contributed by atoms with Gasteiger partial charge in [-0.1, -0.05) is 54.6 Å². The molecule has 171 valence electrons. The van der Waals surface area contributed by atoms with Crippen molar-refractivity contribution in [3.63, 3.8) is 0 Å². The van der Waals surface area contributed by atoms with Gasteiger partial charge in [0, 0.05) is 45.3 Å². The molecule has 3 aromatic rings. The van der Waals surface area contributed by atoms with E-state index in [9.17, 15) is 5.11 Å². The molecule has 0 spiro atoms. The third kappa shape index (κ3) is 5.50. The average molecular weight is 522 g/mol. The summed E-state index contributed by atoms with van der Waals surface area (Å²) in [5.74, 6) is 1.59. The second kappa shape index (κ2) is 11.6. The quantitative estimate of drug-likeness (QED) is 0.452. The minimum absolute atomic E-state index is 0. The van der Waals surface area contributed by atoms with Gasteiger partial charge in [-0.3, -0.25) is 4.90 Å². The van der Waals surface area contributed by atoms with Crippen molar-refractivity contribution in [1.29, 1.82) is 0 Å². The van der Waals surface area contributed by atoms with Crippen LogP contribution in [-0.4, -0.2) is 56.6 Å². The molecule has 3 aromatic carbocycles. The van der Waals surface area contributed by atoms with Gasteiger partial charge in [0.15, 0.2) is 0 Å². The van der Waals surface area contributed by atoms with E-state index in [4.69, 9.17) is 14.2 Å². The van der Waals surface area contributed by atoms with Crippen LogP contribution in [0.2, 0.25) is 0 Å². The van der Waals surface area contributed by atoms with E-state index in [1.807, 2.05) is 49.5 Å². The SMILES string of the molecule is COc1ccc(C(OCC2CC(O)CN2C)(c2ccccc2)c2ccc(OC)cc2)cc1.[Y]. The Morgan fingerprint density at radius 2 is 1.30 bits per heavy atom. The molecule has 0 aliphatic carbocycles. The van der Waals surface area contributed by atoms with Crippen molar-refractivity contribution in [3.8, 4) is 11.5 Å². The Balaban J connectivity index is 0.00000306. The number of likely N-dealkylation sites (tertiary alicyclic amines) is 1. The number of aliphatic hydroxyl groups is 1. The molecule has 0 bridgehead atoms. The number of hydrogen-bond donors (Lipinski definition) is 1. The van der Waals surface area contributed by atoms with Crippen LogP contribution < -0.4 is 9.47 Å². The number of methoxy groups -OCH3 is 2. The van der Waals surface area contributed by atoms with E-state index in [-0.39, 0.29) is 44.9 Å². The first-order chi connectivity index (χ1) is 15.6. The third-order valence-electron chi connectivity index (χ3n) is 6.33. The molecule has 1 N–H and O–H groups in total. The van der Waals surface area contributed by atoms with Crippen LogP contribution in [0.25, 0.3) is 0 Å². The minimum atomic E-state index is -0.825. The van der Waals surface area contributed by atoms with Crippen LogP contribution in [-0.2, 0) is 43.0 Å². The normalized spacial score (nSPS) is 18.5. The predicted molar refractivity (Wildman–Crippen MR) is 125 cm³/mol. The first-order valence-corrected chi connectivity index (χ1v) is 10.9. The zero-order valence-corrected chi connectivity index (χ0v) is 22.3. The molecule has 1 aliphatic heterocycles. The van der Waals surface area contributed by atoms with Crippen molar-refractivity contribution in [2.75, 3.05) is 34.4 Å². The van der Waals surface area contributed by atoms with E-state index >= 15 is 0 Å². The summed E-state index contributed by atoms with van der Waals surface area (Å²) in [5.41, 5.74) is 2.23. The Morgan fingerprint density at radius 1 is 0.818 bits per heavy atom. The summed E-state index contributed by atoms with van der Waals surface area (Å²) < 4.78 is 17.7. The van der Waals surface area contributed by atoms with Crippen LogP contribution >= 0.6 is 0 Å². The molecule has 0 amide bonds. The molecule has 1 heterocycles. The molecular weight excluding hydrogens is 491 g/mol. The van der Waals surface area contributed by atoms with Gasteiger partial charge in [0.05, 0.1) is 26.9 Å². The second-order valence-corrected chi connectivity index (χ2v) is 8.30. The van der Waals surface area contributed by atoms with E-state index in [1.165, 1.54) is 0 Å². The zero-order chi connectivity index (χ0) is 22.6. The molecule has 4 rings (SSSR count). The summed E-state index contributed by atoms with van der Waals surface area (Å²) in [5, 5.41) is 10.1. The fourth-order valence-electron chi connectivity index (χ4n) is 4.54. The third-order valence-corrected chi connectivity index (χ3v) is 6.33. The van der Waals surface area contributed by atoms with E-state index in [2.05, 4.69) is 41.3 Å². The van der Waals surface area contributed by atoms with Gasteiger partial charge in [-0.15, -0.1) is 0 Å². The number of β-amino-alcohol motifs (C(OH)–C–C–N with tert-alkyl or cyclic N) is 1. The summed E-state index contributed by atoms with van der Waals surface area (Å²) >= 11 is 0. The van der Waals surface area contributed by atoms with Gasteiger partial charge in [0.25, 0.3) is 0 Å². The summed E-state index contributed by atoms with van der Waals surface area (Å²) in [4.78, 5) is 2.17. The van der Waals surface area contributed by atoms with Crippen molar-refractivity contribution in [3.05, 3.63) is 95.6 Å². The standard InChI is InChI=1S/C27H31NO4.Y/c1-28-18-24(29)17-23(28)19-32-27(20-7-5-4-6-8-20,21-9-13-25(30-2)14-10-21)22-11-15-26(31-3)16-12-22;/h4-16,23-24,29H,17-19H2,1-3H3;. The van der Waals surface area contributed by atoms with Crippen molar-refractivity contribution in [1.82, 2.24) is 4.90 Å². The Labute approximate surface area is 221 Å². The monoisotopic (exact) mass is 522 g/mol. The molecule has 1 saturated heterocycles. The van der Waals surface area contributed by atoms with Gasteiger partial charge in [0.1, 0.15) is 17.1 Å². The predicted octanol–water partition coefficient (Wildman–Crippen LogP) is 4.07. The minimum Gasteiger partial charge on any atom is -0.497 e. The van der Waals surface area contributed by atoms with Crippen LogP contribution in [0.4, 0.5) is 0 Å². The fraction of sp³-hybridized carbons (Fsp3) is 0.333. The molecule has 1 radical (unpaired) electrons. The van der Waals surface area contributed by atoms with Crippen molar-refractivity contribution in [2.24, 2.45) is 0 Å². The Kier molecular flexibility index (Phi) is 9.08. The Hall–Kier alpha value is -1.76. The van der Waals surface area contributed by atoms with E-state index in [0.29, 0.717) is 19.6 Å². The van der Waals surface area contributed by atoms with Gasteiger partial charge in [-0.25, -0.2) is 0 Å². The number of likely N-dealkylation sites (N-methyl/N-ethyl adjacent to an activating group) is 1. The van der Waals surface area contributed by atoms with Crippen LogP contribution in [0.3, 0.4) is 0 Å². The second-order valence-electron chi connectivity index (χ2n) is 8.30. The smallest absolute Gasteiger partial charge is 0.143 e. The van der Waals surface area contributed by atoms with Crippen molar-refractivity contribution in [2.45, 2.75) is 24.2 Å². The number of hydrogen-bond acceptors (Lipinski definition) is 5. The summed E-state index contributed by atoms with van der Waals surface area (Å²) in [6, 6.07) is 26.5. The van der Waals surface area contributed by atoms with Gasteiger partial charge in [0.2, 0.25) is 0 Å². The van der Waals surface area contributed by atoms with E-state index < -0.39 is 5.60 Å². The maximum atomic E-state index is 10.1. The van der Waals surface area contributed by atoms with Crippen LogP contribution in [0.15, 0.2) is 78.9 Å². The largest absolute Gasteiger partial charge is 0.497 e. The van der Waals surface area contributed by atoms with E-state index in [1.54, 1.807) is 14.2 Å². The molecule has 1 aliphatic rings. The van der Waals surface area contributed by atoms with Crippen molar-refractivity contribution >= 4 is 0 Å². The summed E-state index contributed by atoms with van der Waals surface area (Å²) in [6.45, 7) is 1.15. The fourth-order valence-corrected chi connectivity index (χ4v) is 4.54. The molecule has 1 fully saturated rings. The van der Waals surface area contributed by atoms with Crippen LogP contribution in [0, 0.1) is 0 Å². The first-order valence-electron chi connectivity index (χ1n) is 10.9. The van der Waals surface area contributed by atoms with Crippen LogP contribution in [0.5, 0.6) is 11.5 Å². The average Bonchev–Trinajstić information content (AvgIpc) is 3.17. The van der Waals surface area contributed by atoms with Gasteiger partial charge in [-0.2, -0.15) is 0 Å². The molecule has 6 heteroatoms. The van der Waals surface area contributed by atoms with Crippen molar-refractivity contribution < 1.29 is 52.0 Å². The molecule has 0 aromatic heterocycles. The number of nitrogens with zero attached hydrogens (tertiary/aromatic N) is 1. The molecular formula is C27H31NO4Y. The Morgan fingerprint density at radius 3 is 1.73 bits per heavy atom.